The van der Waals surface area contributed by atoms with E-state index in [1.165, 1.54) is 63.8 Å². The van der Waals surface area contributed by atoms with Crippen LogP contribution in [0.4, 0.5) is 0 Å². The van der Waals surface area contributed by atoms with Crippen LogP contribution in [0.25, 0.3) is 0 Å². The van der Waals surface area contributed by atoms with Gasteiger partial charge in [-0.05, 0) is 111 Å². The first-order valence-corrected chi connectivity index (χ1v) is 20.3. The molecule has 3 aliphatic rings. The van der Waals surface area contributed by atoms with Crippen LogP contribution in [0.2, 0.25) is 0 Å². The molecular formula is C46H58NO4P. The Morgan fingerprint density at radius 1 is 0.481 bits per heavy atom. The van der Waals surface area contributed by atoms with Gasteiger partial charge in [0, 0.05) is 6.04 Å². The predicted octanol–water partition coefficient (Wildman–Crippen LogP) is 11.4. The molecule has 5 nitrogen and oxygen atoms in total. The molecule has 52 heavy (non-hydrogen) atoms. The minimum Gasteiger partial charge on any atom is -0.341 e. The highest BCUT2D eigenvalue weighted by atomic mass is 31.2. The van der Waals surface area contributed by atoms with Crippen LogP contribution >= 0.6 is 8.53 Å². The molecule has 0 amide bonds. The van der Waals surface area contributed by atoms with Crippen molar-refractivity contribution in [2.24, 2.45) is 0 Å². The Morgan fingerprint density at radius 2 is 0.769 bits per heavy atom. The van der Waals surface area contributed by atoms with E-state index in [4.69, 9.17) is 18.5 Å². The molecule has 276 valence electrons. The lowest BCUT2D eigenvalue weighted by molar-refractivity contribution is -0.175. The lowest BCUT2D eigenvalue weighted by Crippen LogP contribution is -2.53. The molecule has 2 atom stereocenters. The molecule has 0 radical (unpaired) electrons. The number of ether oxygens (including phenoxy) is 2. The molecule has 4 aromatic carbocycles. The highest BCUT2D eigenvalue weighted by Gasteiger charge is 2.67. The van der Waals surface area contributed by atoms with Gasteiger partial charge < -0.3 is 18.5 Å². The van der Waals surface area contributed by atoms with Crippen molar-refractivity contribution in [3.63, 3.8) is 0 Å². The maximum Gasteiger partial charge on any atom is 0.261 e. The van der Waals surface area contributed by atoms with E-state index >= 15 is 0 Å². The first kappa shape index (κ1) is 37.4. The maximum absolute atomic E-state index is 8.00. The zero-order chi connectivity index (χ0) is 37.2. The molecular weight excluding hydrogens is 661 g/mol. The second-order valence-corrected chi connectivity index (χ2v) is 18.2. The van der Waals surface area contributed by atoms with Gasteiger partial charge >= 0.3 is 0 Å². The second-order valence-electron chi connectivity index (χ2n) is 16.7. The van der Waals surface area contributed by atoms with Crippen LogP contribution in [0.15, 0.2) is 72.8 Å². The summed E-state index contributed by atoms with van der Waals surface area (Å²) in [5, 5.41) is 0. The molecule has 1 aliphatic carbocycles. The van der Waals surface area contributed by atoms with Crippen LogP contribution < -0.4 is 0 Å². The summed E-state index contributed by atoms with van der Waals surface area (Å²) in [5.74, 6) is -0.927. The molecule has 1 saturated carbocycles. The SMILES string of the molecule is Cc1cc(C)cc(C2(c3cc(C)cc(C)c3)OP(N(C)C3CCCCC3)OC(c3cc(C)cc(C)c3)(c3cc(C)cc(C)c3)C3OC(C)(C)OC32)c1. The van der Waals surface area contributed by atoms with Crippen LogP contribution in [0.3, 0.4) is 0 Å². The highest BCUT2D eigenvalue weighted by molar-refractivity contribution is 7.44. The lowest BCUT2D eigenvalue weighted by atomic mass is 9.70. The third kappa shape index (κ3) is 6.83. The average molecular weight is 720 g/mol. The minimum atomic E-state index is -1.71. The summed E-state index contributed by atoms with van der Waals surface area (Å²) < 4.78 is 33.2. The fourth-order valence-corrected chi connectivity index (χ4v) is 11.3. The zero-order valence-corrected chi connectivity index (χ0v) is 34.1. The van der Waals surface area contributed by atoms with E-state index in [1.807, 2.05) is 13.8 Å². The Kier molecular flexibility index (Phi) is 10.1. The number of nitrogens with zero attached hydrogens (tertiary/aromatic N) is 1. The van der Waals surface area contributed by atoms with Crippen molar-refractivity contribution < 1.29 is 18.5 Å². The summed E-state index contributed by atoms with van der Waals surface area (Å²) in [5.41, 5.74) is 11.6. The van der Waals surface area contributed by atoms with Crippen LogP contribution in [-0.4, -0.2) is 35.8 Å². The third-order valence-corrected chi connectivity index (χ3v) is 13.0. The summed E-state index contributed by atoms with van der Waals surface area (Å²) in [6, 6.07) is 27.7. The van der Waals surface area contributed by atoms with Crippen molar-refractivity contribution in [3.8, 4) is 0 Å². The van der Waals surface area contributed by atoms with Gasteiger partial charge in [0.1, 0.15) is 12.2 Å². The van der Waals surface area contributed by atoms with E-state index in [2.05, 4.69) is 140 Å². The van der Waals surface area contributed by atoms with E-state index in [0.717, 1.165) is 35.1 Å². The Balaban J connectivity index is 1.63. The normalized spacial score (nSPS) is 24.1. The van der Waals surface area contributed by atoms with Gasteiger partial charge in [0.2, 0.25) is 0 Å². The molecule has 2 saturated heterocycles. The Morgan fingerprint density at radius 3 is 1.06 bits per heavy atom. The van der Waals surface area contributed by atoms with Crippen molar-refractivity contribution in [1.82, 2.24) is 4.67 Å². The molecule has 0 N–H and O–H groups in total. The fourth-order valence-electron chi connectivity index (χ4n) is 9.40. The standard InChI is InChI=1S/C46H58NO4P/c1-29-17-30(2)22-37(21-29)45(38-23-31(3)18-32(4)24-38)42-43(49-44(9,10)48-42)46(39-25-33(5)19-34(6)26-39,40-27-35(7)20-36(8)28-40)51-52(50-45)47(11)41-15-13-12-14-16-41/h17-28,41-43H,12-16H2,1-11H3. The Bertz CT molecular complexity index is 1650. The number of rotatable bonds is 6. The first-order chi connectivity index (χ1) is 24.6. The Labute approximate surface area is 314 Å². The summed E-state index contributed by atoms with van der Waals surface area (Å²) in [4.78, 5) is 0. The molecule has 4 aromatic rings. The summed E-state index contributed by atoms with van der Waals surface area (Å²) in [6.07, 6.45) is 4.77. The number of hydrogen-bond acceptors (Lipinski definition) is 5. The van der Waals surface area contributed by atoms with Crippen molar-refractivity contribution >= 4 is 8.53 Å². The van der Waals surface area contributed by atoms with E-state index in [1.54, 1.807) is 0 Å². The van der Waals surface area contributed by atoms with Crippen molar-refractivity contribution in [1.29, 1.82) is 0 Å². The predicted molar refractivity (Wildman–Crippen MR) is 213 cm³/mol. The van der Waals surface area contributed by atoms with Crippen molar-refractivity contribution in [3.05, 3.63) is 140 Å². The maximum atomic E-state index is 8.00. The average Bonchev–Trinajstić information content (AvgIpc) is 3.32. The van der Waals surface area contributed by atoms with Crippen LogP contribution in [-0.2, 0) is 29.7 Å². The summed E-state index contributed by atoms with van der Waals surface area (Å²) >= 11 is 0. The molecule has 0 bridgehead atoms. The van der Waals surface area contributed by atoms with Gasteiger partial charge in [-0.15, -0.1) is 0 Å². The molecule has 7 rings (SSSR count). The largest absolute Gasteiger partial charge is 0.341 e. The van der Waals surface area contributed by atoms with E-state index in [9.17, 15) is 0 Å². The van der Waals surface area contributed by atoms with E-state index in [-0.39, 0.29) is 0 Å². The van der Waals surface area contributed by atoms with Crippen molar-refractivity contribution in [2.75, 3.05) is 7.05 Å². The van der Waals surface area contributed by atoms with Gasteiger partial charge in [-0.25, -0.2) is 4.67 Å². The van der Waals surface area contributed by atoms with Gasteiger partial charge in [-0.2, -0.15) is 0 Å². The van der Waals surface area contributed by atoms with Crippen LogP contribution in [0.5, 0.6) is 0 Å². The number of aryl methyl sites for hydroxylation is 8. The fraction of sp³-hybridized carbons (Fsp3) is 0.478. The number of hydrogen-bond donors (Lipinski definition) is 0. The smallest absolute Gasteiger partial charge is 0.261 e. The number of benzene rings is 4. The van der Waals surface area contributed by atoms with Crippen LogP contribution in [0.1, 0.15) is 113 Å². The van der Waals surface area contributed by atoms with Crippen molar-refractivity contribution in [2.45, 2.75) is 137 Å². The molecule has 2 heterocycles. The monoisotopic (exact) mass is 719 g/mol. The quantitative estimate of drug-likeness (QED) is 0.186. The second kappa shape index (κ2) is 14.1. The summed E-state index contributed by atoms with van der Waals surface area (Å²) in [6.45, 7) is 21.5. The third-order valence-electron chi connectivity index (χ3n) is 11.3. The highest BCUT2D eigenvalue weighted by Crippen LogP contribution is 2.66. The first-order valence-electron chi connectivity index (χ1n) is 19.2. The van der Waals surface area contributed by atoms with Gasteiger partial charge in [0.05, 0.1) is 0 Å². The minimum absolute atomic E-state index is 0.337. The molecule has 2 aliphatic heterocycles. The molecule has 6 heteroatoms. The van der Waals surface area contributed by atoms with Crippen LogP contribution in [0, 0.1) is 55.4 Å². The molecule has 3 fully saturated rings. The number of fused-ring (bicyclic) bond motifs is 1. The van der Waals surface area contributed by atoms with Gasteiger partial charge in [0.25, 0.3) is 8.53 Å². The lowest BCUT2D eigenvalue weighted by Gasteiger charge is -2.43. The summed E-state index contributed by atoms with van der Waals surface area (Å²) in [7, 11) is 0.520. The molecule has 0 spiro atoms. The van der Waals surface area contributed by atoms with E-state index < -0.39 is 37.7 Å². The van der Waals surface area contributed by atoms with Gasteiger partial charge in [0.15, 0.2) is 17.0 Å². The van der Waals surface area contributed by atoms with Gasteiger partial charge in [-0.3, -0.25) is 0 Å². The van der Waals surface area contributed by atoms with Gasteiger partial charge in [-0.1, -0.05) is 137 Å². The molecule has 0 aromatic heterocycles. The zero-order valence-electron chi connectivity index (χ0n) is 33.2. The Hall–Kier alpha value is -2.89. The molecule has 2 unspecified atom stereocenters. The topological polar surface area (TPSA) is 40.2 Å². The van der Waals surface area contributed by atoms with E-state index in [0.29, 0.717) is 6.04 Å².